The van der Waals surface area contributed by atoms with Gasteiger partial charge in [-0.2, -0.15) is 5.10 Å². The number of carbonyl (C=O) groups is 1. The van der Waals surface area contributed by atoms with E-state index in [4.69, 9.17) is 4.74 Å². The van der Waals surface area contributed by atoms with Gasteiger partial charge in [-0.15, -0.1) is 11.3 Å². The molecule has 4 rings (SSSR count). The van der Waals surface area contributed by atoms with Gasteiger partial charge in [-0.1, -0.05) is 24.3 Å². The van der Waals surface area contributed by atoms with E-state index >= 15 is 0 Å². The first-order chi connectivity index (χ1) is 14.7. The van der Waals surface area contributed by atoms with Crippen LogP contribution in [0.25, 0.3) is 23.1 Å². The van der Waals surface area contributed by atoms with Crippen LogP contribution in [0.1, 0.15) is 26.5 Å². The minimum Gasteiger partial charge on any atom is -0.495 e. The first-order valence-electron chi connectivity index (χ1n) is 9.45. The molecule has 30 heavy (non-hydrogen) atoms. The molecule has 4 aromatic rings. The highest BCUT2D eigenvalue weighted by Crippen LogP contribution is 2.32. The Bertz CT molecular complexity index is 1180. The Hall–Kier alpha value is -3.45. The Morgan fingerprint density at radius 1 is 1.20 bits per heavy atom. The summed E-state index contributed by atoms with van der Waals surface area (Å²) in [6.07, 6.45) is 4.43. The van der Waals surface area contributed by atoms with Crippen LogP contribution in [0.3, 0.4) is 0 Å². The number of halogens is 1. The van der Waals surface area contributed by atoms with E-state index in [-0.39, 0.29) is 11.7 Å². The van der Waals surface area contributed by atoms with Gasteiger partial charge in [0, 0.05) is 11.4 Å². The molecule has 0 saturated heterocycles. The van der Waals surface area contributed by atoms with E-state index in [1.54, 1.807) is 29.5 Å². The van der Waals surface area contributed by atoms with Crippen molar-refractivity contribution in [2.24, 2.45) is 0 Å². The summed E-state index contributed by atoms with van der Waals surface area (Å²) in [6, 6.07) is 13.8. The highest BCUT2D eigenvalue weighted by Gasteiger charge is 2.18. The number of amides is 1. The minimum atomic E-state index is -0.284. The summed E-state index contributed by atoms with van der Waals surface area (Å²) < 4.78 is 18.7. The van der Waals surface area contributed by atoms with Gasteiger partial charge < -0.3 is 10.1 Å². The van der Waals surface area contributed by atoms with Gasteiger partial charge in [0.25, 0.3) is 5.91 Å². The number of H-pyrrole nitrogens is 1. The third-order valence-corrected chi connectivity index (χ3v) is 5.64. The Morgan fingerprint density at radius 3 is 2.77 bits per heavy atom. The maximum atomic E-state index is 13.1. The van der Waals surface area contributed by atoms with Gasteiger partial charge in [0.2, 0.25) is 0 Å². The van der Waals surface area contributed by atoms with Crippen LogP contribution < -0.4 is 10.1 Å². The van der Waals surface area contributed by atoms with Crippen molar-refractivity contribution in [2.75, 3.05) is 13.7 Å². The molecule has 2 aromatic carbocycles. The minimum absolute atomic E-state index is 0.194. The molecule has 0 atom stereocenters. The molecule has 2 heterocycles. The number of benzene rings is 2. The SMILES string of the molecule is COc1c(C(=O)NCCc2cccs2)ccc2[nH]nc(C=Cc3ccc(F)cc3)c12. The van der Waals surface area contributed by atoms with Crippen molar-refractivity contribution >= 4 is 40.3 Å². The number of aromatic nitrogens is 2. The van der Waals surface area contributed by atoms with Gasteiger partial charge in [0.1, 0.15) is 11.6 Å². The summed E-state index contributed by atoms with van der Waals surface area (Å²) in [6.45, 7) is 0.545. The van der Waals surface area contributed by atoms with Crippen LogP contribution in [0.2, 0.25) is 0 Å². The van der Waals surface area contributed by atoms with Crippen LogP contribution in [0.4, 0.5) is 4.39 Å². The van der Waals surface area contributed by atoms with Crippen LogP contribution in [0.15, 0.2) is 53.9 Å². The average Bonchev–Trinajstić information content (AvgIpc) is 3.42. The van der Waals surface area contributed by atoms with Crippen molar-refractivity contribution in [3.05, 3.63) is 81.4 Å². The van der Waals surface area contributed by atoms with Crippen LogP contribution in [-0.2, 0) is 6.42 Å². The number of nitrogens with one attached hydrogen (secondary N) is 2. The van der Waals surface area contributed by atoms with Crippen molar-refractivity contribution in [2.45, 2.75) is 6.42 Å². The molecule has 0 bridgehead atoms. The maximum absolute atomic E-state index is 13.1. The smallest absolute Gasteiger partial charge is 0.255 e. The van der Waals surface area contributed by atoms with E-state index in [1.165, 1.54) is 24.1 Å². The second-order valence-corrected chi connectivity index (χ2v) is 7.68. The fourth-order valence-corrected chi connectivity index (χ4v) is 3.93. The molecule has 2 aromatic heterocycles. The molecular weight excluding hydrogens is 401 g/mol. The number of hydrogen-bond donors (Lipinski definition) is 2. The number of fused-ring (bicyclic) bond motifs is 1. The zero-order chi connectivity index (χ0) is 20.9. The van der Waals surface area contributed by atoms with Crippen LogP contribution in [0.5, 0.6) is 5.75 Å². The summed E-state index contributed by atoms with van der Waals surface area (Å²) in [5.74, 6) is -0.0117. The normalized spacial score (nSPS) is 11.3. The van der Waals surface area contributed by atoms with Gasteiger partial charge in [-0.25, -0.2) is 4.39 Å². The Morgan fingerprint density at radius 2 is 2.03 bits per heavy atom. The molecule has 0 saturated carbocycles. The first kappa shape index (κ1) is 19.8. The summed E-state index contributed by atoms with van der Waals surface area (Å²) in [5.41, 5.74) is 2.70. The molecule has 0 aliphatic heterocycles. The fourth-order valence-electron chi connectivity index (χ4n) is 3.22. The van der Waals surface area contributed by atoms with Crippen LogP contribution in [0, 0.1) is 5.82 Å². The zero-order valence-electron chi connectivity index (χ0n) is 16.3. The predicted octanol–water partition coefficient (Wildman–Crippen LogP) is 4.92. The molecule has 7 heteroatoms. The Labute approximate surface area is 177 Å². The van der Waals surface area contributed by atoms with Gasteiger partial charge in [-0.05, 0) is 53.8 Å². The molecule has 1 amide bonds. The largest absolute Gasteiger partial charge is 0.495 e. The van der Waals surface area contributed by atoms with E-state index in [1.807, 2.05) is 29.7 Å². The standard InChI is InChI=1S/C23H20FN3O2S/c1-29-22-18(23(28)25-13-12-17-3-2-14-30-17)9-11-20-21(22)19(26-27-20)10-6-15-4-7-16(24)8-5-15/h2-11,14H,12-13H2,1H3,(H,25,28)(H,26,27). The topological polar surface area (TPSA) is 67.0 Å². The predicted molar refractivity (Wildman–Crippen MR) is 118 cm³/mol. The zero-order valence-corrected chi connectivity index (χ0v) is 17.1. The number of rotatable bonds is 7. The van der Waals surface area contributed by atoms with E-state index in [9.17, 15) is 9.18 Å². The Balaban J connectivity index is 1.59. The fraction of sp³-hybridized carbons (Fsp3) is 0.130. The third kappa shape index (κ3) is 4.26. The lowest BCUT2D eigenvalue weighted by Crippen LogP contribution is -2.26. The van der Waals surface area contributed by atoms with Gasteiger partial charge >= 0.3 is 0 Å². The average molecular weight is 421 g/mol. The monoisotopic (exact) mass is 421 g/mol. The van der Waals surface area contributed by atoms with E-state index in [2.05, 4.69) is 21.6 Å². The van der Waals surface area contributed by atoms with E-state index in [0.29, 0.717) is 23.6 Å². The second kappa shape index (κ2) is 8.92. The van der Waals surface area contributed by atoms with Crippen LogP contribution in [-0.4, -0.2) is 29.8 Å². The molecule has 2 N–H and O–H groups in total. The molecule has 0 spiro atoms. The molecule has 0 unspecified atom stereocenters. The summed E-state index contributed by atoms with van der Waals surface area (Å²) >= 11 is 1.67. The lowest BCUT2D eigenvalue weighted by Gasteiger charge is -2.10. The molecular formula is C23H20FN3O2S. The lowest BCUT2D eigenvalue weighted by atomic mass is 10.1. The number of aromatic amines is 1. The molecule has 0 aliphatic carbocycles. The molecule has 5 nitrogen and oxygen atoms in total. The number of carbonyl (C=O) groups excluding carboxylic acids is 1. The number of thiophene rings is 1. The van der Waals surface area contributed by atoms with Gasteiger partial charge in [0.05, 0.1) is 29.3 Å². The van der Waals surface area contributed by atoms with Gasteiger partial charge in [-0.3, -0.25) is 9.89 Å². The maximum Gasteiger partial charge on any atom is 0.255 e. The molecule has 0 radical (unpaired) electrons. The second-order valence-electron chi connectivity index (χ2n) is 6.65. The first-order valence-corrected chi connectivity index (χ1v) is 10.3. The van der Waals surface area contributed by atoms with E-state index in [0.717, 1.165) is 22.9 Å². The number of hydrogen-bond acceptors (Lipinski definition) is 4. The summed E-state index contributed by atoms with van der Waals surface area (Å²) in [5, 5.41) is 13.0. The quantitative estimate of drug-likeness (QED) is 0.445. The summed E-state index contributed by atoms with van der Waals surface area (Å²) in [4.78, 5) is 14.0. The molecule has 152 valence electrons. The highest BCUT2D eigenvalue weighted by atomic mass is 32.1. The van der Waals surface area contributed by atoms with Crippen molar-refractivity contribution in [3.63, 3.8) is 0 Å². The van der Waals surface area contributed by atoms with Crippen molar-refractivity contribution in [3.8, 4) is 5.75 Å². The third-order valence-electron chi connectivity index (χ3n) is 4.70. The highest BCUT2D eigenvalue weighted by molar-refractivity contribution is 7.09. The number of ether oxygens (including phenoxy) is 1. The van der Waals surface area contributed by atoms with E-state index < -0.39 is 0 Å². The lowest BCUT2D eigenvalue weighted by molar-refractivity contribution is 0.0951. The van der Waals surface area contributed by atoms with Gasteiger partial charge in [0.15, 0.2) is 0 Å². The molecule has 0 aliphatic rings. The van der Waals surface area contributed by atoms with Crippen molar-refractivity contribution in [1.29, 1.82) is 0 Å². The number of methoxy groups -OCH3 is 1. The summed E-state index contributed by atoms with van der Waals surface area (Å²) in [7, 11) is 1.54. The Kier molecular flexibility index (Phi) is 5.90. The van der Waals surface area contributed by atoms with Crippen molar-refractivity contribution in [1.82, 2.24) is 15.5 Å². The molecule has 0 fully saturated rings. The van der Waals surface area contributed by atoms with Crippen LogP contribution >= 0.6 is 11.3 Å². The number of nitrogens with zero attached hydrogens (tertiary/aromatic N) is 1. The van der Waals surface area contributed by atoms with Crippen molar-refractivity contribution < 1.29 is 13.9 Å².